The molecule has 0 heterocycles. The van der Waals surface area contributed by atoms with Gasteiger partial charge >= 0.3 is 18.9 Å². The van der Waals surface area contributed by atoms with Crippen molar-refractivity contribution in [2.45, 2.75) is 0 Å². The molecule has 0 saturated carbocycles. The number of rotatable bonds is 2. The summed E-state index contributed by atoms with van der Waals surface area (Å²) in [6.07, 6.45) is 1.59. The second-order valence-electron chi connectivity index (χ2n) is 3.13. The van der Waals surface area contributed by atoms with Gasteiger partial charge in [-0.15, -0.1) is 5.75 Å². The molecule has 0 bridgehead atoms. The van der Waals surface area contributed by atoms with Gasteiger partial charge in [0.15, 0.2) is 0 Å². The van der Waals surface area contributed by atoms with Crippen LogP contribution in [0, 0.1) is 0 Å². The fourth-order valence-electron chi connectivity index (χ4n) is 1.25. The molecule has 0 aliphatic carbocycles. The number of hydrogen-bond donors (Lipinski definition) is 0. The molecule has 0 aliphatic rings. The maximum absolute atomic E-state index is 11.3. The van der Waals surface area contributed by atoms with Crippen molar-refractivity contribution >= 4 is 11.9 Å². The van der Waals surface area contributed by atoms with Crippen molar-refractivity contribution in [3.05, 3.63) is 60.2 Å². The van der Waals surface area contributed by atoms with E-state index in [0.717, 1.165) is 5.69 Å². The third-order valence-corrected chi connectivity index (χ3v) is 2.03. The molecule has 0 aromatic heterocycles. The van der Waals surface area contributed by atoms with E-state index in [1.165, 1.54) is 6.07 Å². The largest absolute Gasteiger partial charge is 1.00 e. The van der Waals surface area contributed by atoms with E-state index in [-0.39, 0.29) is 24.6 Å². The van der Waals surface area contributed by atoms with Crippen molar-refractivity contribution in [3.63, 3.8) is 0 Å². The van der Waals surface area contributed by atoms with Gasteiger partial charge in [0, 0.05) is 6.21 Å². The van der Waals surface area contributed by atoms with Crippen molar-refractivity contribution in [2.24, 2.45) is 4.99 Å². The Labute approximate surface area is 107 Å². The van der Waals surface area contributed by atoms with E-state index < -0.39 is 0 Å². The van der Waals surface area contributed by atoms with Crippen LogP contribution < -0.4 is 24.0 Å². The average Bonchev–Trinajstić information content (AvgIpc) is 2.29. The summed E-state index contributed by atoms with van der Waals surface area (Å²) in [5, 5.41) is 11.3. The summed E-state index contributed by atoms with van der Waals surface area (Å²) >= 11 is 0. The van der Waals surface area contributed by atoms with Gasteiger partial charge in [-0.3, -0.25) is 4.99 Å². The Morgan fingerprint density at radius 1 is 0.875 bits per heavy atom. The molecular weight excluding hydrogens is 193 g/mol. The van der Waals surface area contributed by atoms with E-state index >= 15 is 0 Å². The summed E-state index contributed by atoms with van der Waals surface area (Å²) < 4.78 is 0. The molecule has 74 valence electrons. The molecule has 0 spiro atoms. The minimum Gasteiger partial charge on any atom is -0.872 e. The van der Waals surface area contributed by atoms with Crippen LogP contribution in [0.4, 0.5) is 5.69 Å². The predicted octanol–water partition coefficient (Wildman–Crippen LogP) is -0.485. The molecule has 16 heavy (non-hydrogen) atoms. The Balaban J connectivity index is 0.00000128. The first kappa shape index (κ1) is 12.6. The fourth-order valence-corrected chi connectivity index (χ4v) is 1.25. The van der Waals surface area contributed by atoms with Crippen molar-refractivity contribution in [1.82, 2.24) is 0 Å². The molecule has 0 atom stereocenters. The van der Waals surface area contributed by atoms with Crippen molar-refractivity contribution < 1.29 is 24.0 Å². The van der Waals surface area contributed by atoms with Gasteiger partial charge in [0.05, 0.1) is 5.69 Å². The zero-order valence-corrected chi connectivity index (χ0v) is 9.13. The Bertz CT molecular complexity index is 468. The summed E-state index contributed by atoms with van der Waals surface area (Å²) in [5.74, 6) is -0.00261. The van der Waals surface area contributed by atoms with E-state index in [9.17, 15) is 5.11 Å². The number of benzene rings is 2. The molecule has 2 aromatic carbocycles. The van der Waals surface area contributed by atoms with Crippen molar-refractivity contribution in [1.29, 1.82) is 0 Å². The third-order valence-electron chi connectivity index (χ3n) is 2.03. The maximum Gasteiger partial charge on any atom is 1.00 e. The van der Waals surface area contributed by atoms with Gasteiger partial charge < -0.3 is 5.11 Å². The average molecular weight is 203 g/mol. The first-order chi connectivity index (χ1) is 7.36. The molecule has 0 fully saturated rings. The second kappa shape index (κ2) is 6.17. The molecule has 3 heteroatoms. The Morgan fingerprint density at radius 3 is 2.19 bits per heavy atom. The van der Waals surface area contributed by atoms with Crippen LogP contribution in [-0.4, -0.2) is 6.21 Å². The first-order valence-corrected chi connectivity index (χ1v) is 4.71. The Kier molecular flexibility index (Phi) is 4.85. The Morgan fingerprint density at radius 2 is 1.50 bits per heavy atom. The Hall–Kier alpha value is -1.49. The molecule has 2 nitrogen and oxygen atoms in total. The quantitative estimate of drug-likeness (QED) is 0.479. The molecule has 0 unspecified atom stereocenters. The number of aliphatic imine (C=N–C) groups is 1. The molecule has 0 N–H and O–H groups in total. The minimum absolute atomic E-state index is 0. The monoisotopic (exact) mass is 203 g/mol. The third kappa shape index (κ3) is 3.27. The molecular formula is C13H10LiNO. The van der Waals surface area contributed by atoms with Crippen molar-refractivity contribution in [2.75, 3.05) is 0 Å². The fraction of sp³-hybridized carbons (Fsp3) is 0. The van der Waals surface area contributed by atoms with Crippen LogP contribution in [0.15, 0.2) is 59.6 Å². The van der Waals surface area contributed by atoms with Gasteiger partial charge in [-0.1, -0.05) is 42.5 Å². The van der Waals surface area contributed by atoms with E-state index in [2.05, 4.69) is 4.99 Å². The van der Waals surface area contributed by atoms with Gasteiger partial charge in [-0.05, 0) is 17.7 Å². The SMILES string of the molecule is [Li+].[O-]c1ccccc1C=Nc1ccccc1. The van der Waals surface area contributed by atoms with E-state index in [1.807, 2.05) is 36.4 Å². The molecule has 0 amide bonds. The summed E-state index contributed by atoms with van der Waals surface area (Å²) in [7, 11) is 0. The summed E-state index contributed by atoms with van der Waals surface area (Å²) in [5.41, 5.74) is 1.46. The summed E-state index contributed by atoms with van der Waals surface area (Å²) in [6, 6.07) is 16.4. The second-order valence-corrected chi connectivity index (χ2v) is 3.13. The zero-order valence-electron chi connectivity index (χ0n) is 9.13. The minimum atomic E-state index is -0.00261. The van der Waals surface area contributed by atoms with Crippen LogP contribution in [0.3, 0.4) is 0 Å². The van der Waals surface area contributed by atoms with Crippen LogP contribution in [0.25, 0.3) is 0 Å². The van der Waals surface area contributed by atoms with Gasteiger partial charge in [0.1, 0.15) is 0 Å². The van der Waals surface area contributed by atoms with Crippen LogP contribution in [-0.2, 0) is 0 Å². The molecule has 0 aliphatic heterocycles. The van der Waals surface area contributed by atoms with E-state index in [0.29, 0.717) is 5.56 Å². The van der Waals surface area contributed by atoms with E-state index in [4.69, 9.17) is 0 Å². The first-order valence-electron chi connectivity index (χ1n) is 4.71. The zero-order chi connectivity index (χ0) is 10.5. The smallest absolute Gasteiger partial charge is 0.872 e. The van der Waals surface area contributed by atoms with Gasteiger partial charge in [0.25, 0.3) is 0 Å². The normalized spacial score (nSPS) is 10.0. The van der Waals surface area contributed by atoms with Crippen LogP contribution in [0.2, 0.25) is 0 Å². The number of para-hydroxylation sites is 2. The van der Waals surface area contributed by atoms with Gasteiger partial charge in [-0.25, -0.2) is 0 Å². The standard InChI is InChI=1S/C13H11NO.Li/c15-13-9-5-4-6-11(13)10-14-12-7-2-1-3-8-12;/h1-10,15H;/q;+1/p-1. The summed E-state index contributed by atoms with van der Waals surface area (Å²) in [6.45, 7) is 0. The van der Waals surface area contributed by atoms with Crippen molar-refractivity contribution in [3.8, 4) is 5.75 Å². The topological polar surface area (TPSA) is 35.4 Å². The molecule has 2 rings (SSSR count). The van der Waals surface area contributed by atoms with Gasteiger partial charge in [-0.2, -0.15) is 0 Å². The number of nitrogens with zero attached hydrogens (tertiary/aromatic N) is 1. The van der Waals surface area contributed by atoms with Crippen LogP contribution >= 0.6 is 0 Å². The molecule has 0 radical (unpaired) electrons. The van der Waals surface area contributed by atoms with Crippen LogP contribution in [0.1, 0.15) is 5.56 Å². The maximum atomic E-state index is 11.3. The molecule has 0 saturated heterocycles. The van der Waals surface area contributed by atoms with Gasteiger partial charge in [0.2, 0.25) is 0 Å². The van der Waals surface area contributed by atoms with Crippen LogP contribution in [0.5, 0.6) is 5.75 Å². The summed E-state index contributed by atoms with van der Waals surface area (Å²) in [4.78, 5) is 4.21. The molecule has 2 aromatic rings. The number of hydrogen-bond acceptors (Lipinski definition) is 2. The van der Waals surface area contributed by atoms with E-state index in [1.54, 1.807) is 18.3 Å². The predicted molar refractivity (Wildman–Crippen MR) is 59.6 cm³/mol.